The summed E-state index contributed by atoms with van der Waals surface area (Å²) in [6, 6.07) is 19.6. The van der Waals surface area contributed by atoms with E-state index >= 15 is 0 Å². The first-order valence-corrected chi connectivity index (χ1v) is 10.1. The fourth-order valence-corrected chi connectivity index (χ4v) is 4.59. The monoisotopic (exact) mass is 393 g/mol. The molecule has 1 aromatic heterocycles. The Morgan fingerprint density at radius 1 is 1.07 bits per heavy atom. The van der Waals surface area contributed by atoms with Gasteiger partial charge in [0.25, 0.3) is 0 Å². The van der Waals surface area contributed by atoms with Crippen LogP contribution in [0.15, 0.2) is 65.7 Å². The Bertz CT molecular complexity index is 997. The summed E-state index contributed by atoms with van der Waals surface area (Å²) in [6.45, 7) is 4.05. The van der Waals surface area contributed by atoms with E-state index in [9.17, 15) is 4.79 Å². The summed E-state index contributed by atoms with van der Waals surface area (Å²) in [5.41, 5.74) is 7.57. The van der Waals surface area contributed by atoms with Gasteiger partial charge in [0.15, 0.2) is 0 Å². The number of rotatable bonds is 4. The molecule has 2 heterocycles. The first-order valence-electron chi connectivity index (χ1n) is 9.19. The smallest absolute Gasteiger partial charge is 0.240 e. The minimum Gasteiger partial charge on any atom is -0.497 e. The van der Waals surface area contributed by atoms with Gasteiger partial charge in [0.1, 0.15) is 11.0 Å². The highest BCUT2D eigenvalue weighted by molar-refractivity contribution is 8.00. The van der Waals surface area contributed by atoms with Gasteiger partial charge in [-0.15, -0.1) is 0 Å². The molecule has 0 spiro atoms. The van der Waals surface area contributed by atoms with Gasteiger partial charge in [-0.2, -0.15) is 0 Å². The van der Waals surface area contributed by atoms with E-state index in [4.69, 9.17) is 4.74 Å². The molecule has 4 rings (SSSR count). The Labute approximate surface area is 169 Å². The lowest BCUT2D eigenvalue weighted by atomic mass is 10.0. The van der Waals surface area contributed by atoms with Gasteiger partial charge in [-0.1, -0.05) is 42.1 Å². The van der Waals surface area contributed by atoms with Crippen LogP contribution >= 0.6 is 11.8 Å². The topological polar surface area (TPSA) is 55.3 Å². The predicted octanol–water partition coefficient (Wildman–Crippen LogP) is 4.51. The maximum absolute atomic E-state index is 13.2. The number of anilines is 1. The summed E-state index contributed by atoms with van der Waals surface area (Å²) in [5, 5.41) is 3.83. The van der Waals surface area contributed by atoms with Crippen molar-refractivity contribution in [2.24, 2.45) is 0 Å². The minimum absolute atomic E-state index is 0.0160. The number of carbonyl (C=O) groups excluding carboxylic acids is 1. The molecule has 6 heteroatoms. The summed E-state index contributed by atoms with van der Waals surface area (Å²) in [4.78, 5) is 13.2. The van der Waals surface area contributed by atoms with Gasteiger partial charge < -0.3 is 15.5 Å². The first-order chi connectivity index (χ1) is 13.6. The third-order valence-electron chi connectivity index (χ3n) is 5.00. The van der Waals surface area contributed by atoms with Gasteiger partial charge in [0, 0.05) is 11.4 Å². The third kappa shape index (κ3) is 3.47. The average molecular weight is 394 g/mol. The molecule has 0 saturated carbocycles. The van der Waals surface area contributed by atoms with E-state index in [1.807, 2.05) is 61.5 Å². The van der Waals surface area contributed by atoms with Gasteiger partial charge in [0.2, 0.25) is 5.91 Å². The second-order valence-corrected chi connectivity index (χ2v) is 8.03. The van der Waals surface area contributed by atoms with Crippen molar-refractivity contribution in [3.63, 3.8) is 0 Å². The minimum atomic E-state index is -0.310. The van der Waals surface area contributed by atoms with Crippen LogP contribution in [0.1, 0.15) is 22.9 Å². The fraction of sp³-hybridized carbons (Fsp3) is 0.227. The van der Waals surface area contributed by atoms with Crippen molar-refractivity contribution in [2.75, 3.05) is 17.9 Å². The Balaban J connectivity index is 1.67. The molecule has 2 N–H and O–H groups in total. The largest absolute Gasteiger partial charge is 0.497 e. The van der Waals surface area contributed by atoms with E-state index in [2.05, 4.69) is 28.4 Å². The zero-order valence-corrected chi connectivity index (χ0v) is 16.9. The molecule has 5 nitrogen and oxygen atoms in total. The molecule has 3 aromatic rings. The number of nitrogens with one attached hydrogen (secondary N) is 2. The van der Waals surface area contributed by atoms with E-state index < -0.39 is 0 Å². The lowest BCUT2D eigenvalue weighted by Gasteiger charge is -2.34. The number of hydrogen-bond acceptors (Lipinski definition) is 4. The highest BCUT2D eigenvalue weighted by Gasteiger charge is 2.36. The molecule has 0 aliphatic carbocycles. The molecule has 0 fully saturated rings. The summed E-state index contributed by atoms with van der Waals surface area (Å²) >= 11 is 1.58. The predicted molar refractivity (Wildman–Crippen MR) is 114 cm³/mol. The molecular formula is C22H23N3O2S. The molecule has 0 radical (unpaired) electrons. The molecule has 0 unspecified atom stereocenters. The molecule has 1 amide bonds. The fourth-order valence-electron chi connectivity index (χ4n) is 3.36. The standard InChI is InChI=1S/C22H23N3O2S/c1-14-6-4-5-7-18(14)23-22(26)21-20(16-9-11-17(27-3)12-10-16)24-25-15(2)8-13-19(25)28-21/h4-13,20-21,24H,1-3H3,(H,23,26)/t20-,21+/m1/s1. The van der Waals surface area contributed by atoms with Crippen LogP contribution in [-0.2, 0) is 4.79 Å². The lowest BCUT2D eigenvalue weighted by molar-refractivity contribution is -0.116. The number of benzene rings is 2. The van der Waals surface area contributed by atoms with Crippen molar-refractivity contribution >= 4 is 23.4 Å². The zero-order valence-electron chi connectivity index (χ0n) is 16.1. The Morgan fingerprint density at radius 2 is 1.82 bits per heavy atom. The molecule has 1 aliphatic heterocycles. The summed E-state index contributed by atoms with van der Waals surface area (Å²) < 4.78 is 7.33. The van der Waals surface area contributed by atoms with Crippen molar-refractivity contribution in [3.05, 3.63) is 77.5 Å². The number of amides is 1. The van der Waals surface area contributed by atoms with Gasteiger partial charge >= 0.3 is 0 Å². The van der Waals surface area contributed by atoms with E-state index in [0.717, 1.165) is 33.3 Å². The number of aryl methyl sites for hydroxylation is 2. The number of para-hydroxylation sites is 1. The highest BCUT2D eigenvalue weighted by atomic mass is 32.2. The van der Waals surface area contributed by atoms with E-state index in [0.29, 0.717) is 0 Å². The molecular weight excluding hydrogens is 370 g/mol. The lowest BCUT2D eigenvalue weighted by Crippen LogP contribution is -2.41. The van der Waals surface area contributed by atoms with Crippen LogP contribution in [0.25, 0.3) is 0 Å². The zero-order chi connectivity index (χ0) is 19.7. The number of carbonyl (C=O) groups is 1. The van der Waals surface area contributed by atoms with Gasteiger partial charge in [-0.25, -0.2) is 0 Å². The number of hydrogen-bond donors (Lipinski definition) is 2. The van der Waals surface area contributed by atoms with Crippen molar-refractivity contribution in [1.29, 1.82) is 0 Å². The quantitative estimate of drug-likeness (QED) is 0.685. The molecule has 28 heavy (non-hydrogen) atoms. The van der Waals surface area contributed by atoms with Crippen LogP contribution in [0.3, 0.4) is 0 Å². The molecule has 1 aliphatic rings. The molecule has 2 atom stereocenters. The Kier molecular flexibility index (Phi) is 5.05. The van der Waals surface area contributed by atoms with Gasteiger partial charge in [-0.05, 0) is 55.3 Å². The van der Waals surface area contributed by atoms with E-state index in [1.54, 1.807) is 18.9 Å². The maximum Gasteiger partial charge on any atom is 0.240 e. The van der Waals surface area contributed by atoms with Crippen LogP contribution in [0.4, 0.5) is 5.69 Å². The van der Waals surface area contributed by atoms with Crippen molar-refractivity contribution in [3.8, 4) is 5.75 Å². The number of ether oxygens (including phenoxy) is 1. The molecule has 0 saturated heterocycles. The van der Waals surface area contributed by atoms with Gasteiger partial charge in [0.05, 0.1) is 18.2 Å². The van der Waals surface area contributed by atoms with Crippen LogP contribution in [-0.4, -0.2) is 22.9 Å². The molecule has 2 aromatic carbocycles. The normalized spacial score (nSPS) is 18.1. The number of nitrogens with zero attached hydrogens (tertiary/aromatic N) is 1. The van der Waals surface area contributed by atoms with Crippen LogP contribution < -0.4 is 15.5 Å². The first kappa shape index (κ1) is 18.5. The van der Waals surface area contributed by atoms with Crippen LogP contribution in [0.5, 0.6) is 5.75 Å². The summed E-state index contributed by atoms with van der Waals surface area (Å²) in [6.07, 6.45) is 0. The number of aromatic nitrogens is 1. The van der Waals surface area contributed by atoms with E-state index in [-0.39, 0.29) is 17.2 Å². The maximum atomic E-state index is 13.2. The number of thioether (sulfide) groups is 1. The number of methoxy groups -OCH3 is 1. The Hall–Kier alpha value is -2.86. The Morgan fingerprint density at radius 3 is 2.54 bits per heavy atom. The SMILES string of the molecule is COc1ccc([C@H]2Nn3c(C)ccc3S[C@@H]2C(=O)Nc2ccccc2C)cc1. The van der Waals surface area contributed by atoms with Crippen LogP contribution in [0.2, 0.25) is 0 Å². The second-order valence-electron chi connectivity index (χ2n) is 6.87. The molecule has 0 bridgehead atoms. The third-order valence-corrected chi connectivity index (χ3v) is 6.30. The second kappa shape index (κ2) is 7.64. The average Bonchev–Trinajstić information content (AvgIpc) is 3.09. The van der Waals surface area contributed by atoms with E-state index in [1.165, 1.54) is 0 Å². The molecule has 144 valence electrons. The van der Waals surface area contributed by atoms with Crippen molar-refractivity contribution in [1.82, 2.24) is 4.68 Å². The number of fused-ring (bicyclic) bond motifs is 1. The van der Waals surface area contributed by atoms with Crippen molar-refractivity contribution < 1.29 is 9.53 Å². The van der Waals surface area contributed by atoms with Crippen molar-refractivity contribution in [2.45, 2.75) is 30.2 Å². The van der Waals surface area contributed by atoms with Crippen LogP contribution in [0, 0.1) is 13.8 Å². The highest BCUT2D eigenvalue weighted by Crippen LogP contribution is 2.39. The van der Waals surface area contributed by atoms with Gasteiger partial charge in [-0.3, -0.25) is 9.47 Å². The summed E-state index contributed by atoms with van der Waals surface area (Å²) in [7, 11) is 1.65. The summed E-state index contributed by atoms with van der Waals surface area (Å²) in [5.74, 6) is 0.781.